The van der Waals surface area contributed by atoms with Crippen LogP contribution >= 0.6 is 15.9 Å². The summed E-state index contributed by atoms with van der Waals surface area (Å²) in [6, 6.07) is 4.96. The summed E-state index contributed by atoms with van der Waals surface area (Å²) < 4.78 is 0.759. The number of hydrogen-bond donors (Lipinski definition) is 3. The largest absolute Gasteiger partial charge is 0.398 e. The number of hydrogen-bond acceptors (Lipinski definition) is 3. The van der Waals surface area contributed by atoms with E-state index in [1.807, 2.05) is 0 Å². The van der Waals surface area contributed by atoms with Crippen LogP contribution < -0.4 is 11.1 Å². The highest BCUT2D eigenvalue weighted by Crippen LogP contribution is 2.19. The third-order valence-corrected chi connectivity index (χ3v) is 2.54. The highest BCUT2D eigenvalue weighted by atomic mass is 79.9. The number of amides is 1. The maximum atomic E-state index is 11.5. The number of anilines is 1. The number of rotatable bonds is 3. The van der Waals surface area contributed by atoms with Crippen LogP contribution in [-0.4, -0.2) is 23.7 Å². The van der Waals surface area contributed by atoms with Gasteiger partial charge >= 0.3 is 0 Å². The molecule has 0 aliphatic carbocycles. The van der Waals surface area contributed by atoms with Gasteiger partial charge < -0.3 is 16.2 Å². The lowest BCUT2D eigenvalue weighted by molar-refractivity contribution is 0.0924. The Morgan fingerprint density at radius 3 is 2.87 bits per heavy atom. The lowest BCUT2D eigenvalue weighted by Gasteiger charge is -2.07. The minimum Gasteiger partial charge on any atom is -0.398 e. The summed E-state index contributed by atoms with van der Waals surface area (Å²) in [5.74, 6) is -0.241. The number of nitrogen functional groups attached to an aromatic ring is 1. The SMILES string of the molecule is CC(O)CNC(=O)c1ccc(Br)c(N)c1. The summed E-state index contributed by atoms with van der Waals surface area (Å²) in [6.07, 6.45) is -0.554. The first-order valence-corrected chi connectivity index (χ1v) is 5.31. The molecular formula is C10H13BrN2O2. The fourth-order valence-corrected chi connectivity index (χ4v) is 1.27. The summed E-state index contributed by atoms with van der Waals surface area (Å²) in [7, 11) is 0. The average molecular weight is 273 g/mol. The quantitative estimate of drug-likeness (QED) is 0.723. The smallest absolute Gasteiger partial charge is 0.251 e. The van der Waals surface area contributed by atoms with E-state index in [9.17, 15) is 4.79 Å². The van der Waals surface area contributed by atoms with E-state index in [1.165, 1.54) is 0 Å². The van der Waals surface area contributed by atoms with Crippen molar-refractivity contribution < 1.29 is 9.90 Å². The number of carbonyl (C=O) groups excluding carboxylic acids is 1. The summed E-state index contributed by atoms with van der Waals surface area (Å²) >= 11 is 3.24. The maximum absolute atomic E-state index is 11.5. The van der Waals surface area contributed by atoms with Crippen LogP contribution in [-0.2, 0) is 0 Å². The van der Waals surface area contributed by atoms with Crippen LogP contribution in [0.15, 0.2) is 22.7 Å². The van der Waals surface area contributed by atoms with E-state index < -0.39 is 6.10 Å². The van der Waals surface area contributed by atoms with Crippen molar-refractivity contribution in [3.05, 3.63) is 28.2 Å². The molecule has 1 amide bonds. The van der Waals surface area contributed by atoms with Crippen molar-refractivity contribution in [1.82, 2.24) is 5.32 Å². The standard InChI is InChI=1S/C10H13BrN2O2/c1-6(14)5-13-10(15)7-2-3-8(11)9(12)4-7/h2-4,6,14H,5,12H2,1H3,(H,13,15). The zero-order valence-corrected chi connectivity index (χ0v) is 9.91. The number of aliphatic hydroxyl groups is 1. The Morgan fingerprint density at radius 1 is 1.67 bits per heavy atom. The molecule has 4 nitrogen and oxygen atoms in total. The molecule has 0 heterocycles. The first-order valence-electron chi connectivity index (χ1n) is 4.52. The van der Waals surface area contributed by atoms with Gasteiger partial charge in [-0.3, -0.25) is 4.79 Å². The van der Waals surface area contributed by atoms with Gasteiger partial charge in [0.1, 0.15) is 0 Å². The Hall–Kier alpha value is -1.07. The monoisotopic (exact) mass is 272 g/mol. The van der Waals surface area contributed by atoms with Gasteiger partial charge in [-0.05, 0) is 41.1 Å². The molecule has 0 bridgehead atoms. The van der Waals surface area contributed by atoms with Gasteiger partial charge in [0.15, 0.2) is 0 Å². The van der Waals surface area contributed by atoms with E-state index in [0.717, 1.165) is 4.47 Å². The number of nitrogens with two attached hydrogens (primary N) is 1. The Kier molecular flexibility index (Phi) is 4.11. The normalized spacial score (nSPS) is 12.2. The highest BCUT2D eigenvalue weighted by molar-refractivity contribution is 9.10. The van der Waals surface area contributed by atoms with Crippen molar-refractivity contribution in [3.8, 4) is 0 Å². The highest BCUT2D eigenvalue weighted by Gasteiger charge is 2.07. The van der Waals surface area contributed by atoms with Gasteiger partial charge in [0, 0.05) is 22.3 Å². The lowest BCUT2D eigenvalue weighted by atomic mass is 10.2. The summed E-state index contributed by atoms with van der Waals surface area (Å²) in [5.41, 5.74) is 6.63. The summed E-state index contributed by atoms with van der Waals surface area (Å²) in [6.45, 7) is 1.84. The molecule has 0 fully saturated rings. The zero-order valence-electron chi connectivity index (χ0n) is 8.33. The van der Waals surface area contributed by atoms with Crippen LogP contribution in [0.4, 0.5) is 5.69 Å². The van der Waals surface area contributed by atoms with Crippen molar-refractivity contribution in [1.29, 1.82) is 0 Å². The first kappa shape index (κ1) is 12.0. The molecule has 0 spiro atoms. The average Bonchev–Trinajstić information content (AvgIpc) is 2.18. The van der Waals surface area contributed by atoms with Gasteiger partial charge in [-0.15, -0.1) is 0 Å². The molecule has 0 saturated carbocycles. The van der Waals surface area contributed by atoms with Gasteiger partial charge in [-0.25, -0.2) is 0 Å². The molecule has 1 aromatic rings. The third kappa shape index (κ3) is 3.53. The van der Waals surface area contributed by atoms with Gasteiger partial charge in [0.2, 0.25) is 0 Å². The molecule has 1 aromatic carbocycles. The van der Waals surface area contributed by atoms with E-state index in [1.54, 1.807) is 25.1 Å². The van der Waals surface area contributed by atoms with Gasteiger partial charge in [-0.1, -0.05) is 0 Å². The predicted molar refractivity (Wildman–Crippen MR) is 62.6 cm³/mol. The summed E-state index contributed by atoms with van der Waals surface area (Å²) in [4.78, 5) is 11.5. The second-order valence-electron chi connectivity index (χ2n) is 3.30. The molecule has 4 N–H and O–H groups in total. The predicted octanol–water partition coefficient (Wildman–Crippen LogP) is 1.14. The number of halogens is 1. The molecule has 82 valence electrons. The van der Waals surface area contributed by atoms with E-state index >= 15 is 0 Å². The molecule has 0 aliphatic rings. The maximum Gasteiger partial charge on any atom is 0.251 e. The van der Waals surface area contributed by atoms with E-state index in [-0.39, 0.29) is 12.5 Å². The van der Waals surface area contributed by atoms with Crippen LogP contribution in [0.25, 0.3) is 0 Å². The van der Waals surface area contributed by atoms with Crippen LogP contribution in [0.1, 0.15) is 17.3 Å². The molecule has 1 rings (SSSR count). The number of benzene rings is 1. The Balaban J connectivity index is 2.70. The topological polar surface area (TPSA) is 75.3 Å². The third-order valence-electron chi connectivity index (χ3n) is 1.82. The number of aliphatic hydroxyl groups excluding tert-OH is 1. The Bertz CT molecular complexity index is 366. The minimum atomic E-state index is -0.554. The molecular weight excluding hydrogens is 260 g/mol. The van der Waals surface area contributed by atoms with Crippen LogP contribution in [0.3, 0.4) is 0 Å². The van der Waals surface area contributed by atoms with Crippen molar-refractivity contribution >= 4 is 27.5 Å². The molecule has 0 aromatic heterocycles. The summed E-state index contributed by atoms with van der Waals surface area (Å²) in [5, 5.41) is 11.6. The molecule has 0 radical (unpaired) electrons. The van der Waals surface area contributed by atoms with Gasteiger partial charge in [0.25, 0.3) is 5.91 Å². The fraction of sp³-hybridized carbons (Fsp3) is 0.300. The first-order chi connectivity index (χ1) is 7.00. The van der Waals surface area contributed by atoms with Crippen LogP contribution in [0.5, 0.6) is 0 Å². The van der Waals surface area contributed by atoms with Crippen molar-refractivity contribution in [2.75, 3.05) is 12.3 Å². The second kappa shape index (κ2) is 5.14. The van der Waals surface area contributed by atoms with Crippen molar-refractivity contribution in [3.63, 3.8) is 0 Å². The van der Waals surface area contributed by atoms with Gasteiger partial charge in [-0.2, -0.15) is 0 Å². The molecule has 15 heavy (non-hydrogen) atoms. The number of nitrogens with one attached hydrogen (secondary N) is 1. The molecule has 5 heteroatoms. The van der Waals surface area contributed by atoms with Crippen LogP contribution in [0.2, 0.25) is 0 Å². The fourth-order valence-electron chi connectivity index (χ4n) is 1.03. The second-order valence-corrected chi connectivity index (χ2v) is 4.15. The van der Waals surface area contributed by atoms with Crippen LogP contribution in [0, 0.1) is 0 Å². The number of carbonyl (C=O) groups is 1. The van der Waals surface area contributed by atoms with Crippen molar-refractivity contribution in [2.24, 2.45) is 0 Å². The lowest BCUT2D eigenvalue weighted by Crippen LogP contribution is -2.30. The van der Waals surface area contributed by atoms with Gasteiger partial charge in [0.05, 0.1) is 6.10 Å². The van der Waals surface area contributed by atoms with E-state index in [4.69, 9.17) is 10.8 Å². The molecule has 0 saturated heterocycles. The zero-order chi connectivity index (χ0) is 11.4. The van der Waals surface area contributed by atoms with E-state index in [0.29, 0.717) is 11.3 Å². The minimum absolute atomic E-state index is 0.231. The van der Waals surface area contributed by atoms with E-state index in [2.05, 4.69) is 21.2 Å². The molecule has 1 atom stereocenters. The Morgan fingerprint density at radius 2 is 2.33 bits per heavy atom. The molecule has 0 aliphatic heterocycles. The van der Waals surface area contributed by atoms with Crippen molar-refractivity contribution in [2.45, 2.75) is 13.0 Å². The molecule has 1 unspecified atom stereocenters. The Labute approximate surface area is 96.6 Å².